The highest BCUT2D eigenvalue weighted by atomic mass is 16.5. The number of benzene rings is 1. The minimum Gasteiger partial charge on any atom is -0.495 e. The molecule has 108 valence electrons. The molecule has 0 bridgehead atoms. The van der Waals surface area contributed by atoms with E-state index in [9.17, 15) is 0 Å². The molecule has 1 aromatic heterocycles. The molecule has 0 aliphatic carbocycles. The van der Waals surface area contributed by atoms with Gasteiger partial charge < -0.3 is 14.5 Å². The van der Waals surface area contributed by atoms with E-state index in [2.05, 4.69) is 38.2 Å². The molecule has 3 heteroatoms. The fourth-order valence-corrected chi connectivity index (χ4v) is 2.07. The molecule has 3 nitrogen and oxygen atoms in total. The average Bonchev–Trinajstić information content (AvgIpc) is 2.80. The first kappa shape index (κ1) is 14.5. The Balaban J connectivity index is 2.23. The first-order valence-electron chi connectivity index (χ1n) is 6.87. The molecule has 0 saturated heterocycles. The zero-order valence-corrected chi connectivity index (χ0v) is 12.9. The van der Waals surface area contributed by atoms with Crippen molar-refractivity contribution in [3.63, 3.8) is 0 Å². The predicted molar refractivity (Wildman–Crippen MR) is 82.5 cm³/mol. The van der Waals surface area contributed by atoms with Gasteiger partial charge in [-0.2, -0.15) is 0 Å². The molecule has 0 fully saturated rings. The van der Waals surface area contributed by atoms with Gasteiger partial charge in [0.1, 0.15) is 11.5 Å². The van der Waals surface area contributed by atoms with Gasteiger partial charge in [0.25, 0.3) is 0 Å². The van der Waals surface area contributed by atoms with Gasteiger partial charge in [-0.15, -0.1) is 0 Å². The summed E-state index contributed by atoms with van der Waals surface area (Å²) in [6.45, 7) is 9.31. The van der Waals surface area contributed by atoms with E-state index in [1.807, 2.05) is 19.1 Å². The van der Waals surface area contributed by atoms with Crippen molar-refractivity contribution in [1.82, 2.24) is 0 Å². The summed E-state index contributed by atoms with van der Waals surface area (Å²) in [5.74, 6) is 1.80. The van der Waals surface area contributed by atoms with Crippen molar-refractivity contribution in [1.29, 1.82) is 0 Å². The summed E-state index contributed by atoms with van der Waals surface area (Å²) < 4.78 is 10.9. The summed E-state index contributed by atoms with van der Waals surface area (Å²) >= 11 is 0. The van der Waals surface area contributed by atoms with E-state index >= 15 is 0 Å². The van der Waals surface area contributed by atoms with Gasteiger partial charge in [-0.1, -0.05) is 26.8 Å². The number of rotatable bonds is 4. The molecule has 1 N–H and O–H groups in total. The zero-order chi connectivity index (χ0) is 14.8. The van der Waals surface area contributed by atoms with Crippen LogP contribution in [0.4, 0.5) is 5.69 Å². The van der Waals surface area contributed by atoms with Gasteiger partial charge in [0, 0.05) is 0 Å². The molecule has 0 atom stereocenters. The Kier molecular flexibility index (Phi) is 4.07. The molecule has 0 spiro atoms. The maximum absolute atomic E-state index is 5.45. The maximum Gasteiger partial charge on any atom is 0.141 e. The summed E-state index contributed by atoms with van der Waals surface area (Å²) in [4.78, 5) is 0. The van der Waals surface area contributed by atoms with Gasteiger partial charge in [-0.05, 0) is 41.7 Å². The molecule has 0 aliphatic heterocycles. The second-order valence-corrected chi connectivity index (χ2v) is 6.05. The second-order valence-electron chi connectivity index (χ2n) is 6.05. The Morgan fingerprint density at radius 3 is 2.50 bits per heavy atom. The number of nitrogens with one attached hydrogen (secondary N) is 1. The van der Waals surface area contributed by atoms with E-state index in [0.29, 0.717) is 6.54 Å². The SMILES string of the molecule is COc1ccc(C(C)(C)C)cc1NCc1occc1C. The summed E-state index contributed by atoms with van der Waals surface area (Å²) in [6.07, 6.45) is 1.72. The van der Waals surface area contributed by atoms with E-state index in [1.54, 1.807) is 13.4 Å². The minimum absolute atomic E-state index is 0.114. The molecular weight excluding hydrogens is 250 g/mol. The van der Waals surface area contributed by atoms with Crippen LogP contribution in [-0.2, 0) is 12.0 Å². The first-order chi connectivity index (χ1) is 9.41. The van der Waals surface area contributed by atoms with Crippen molar-refractivity contribution in [2.24, 2.45) is 0 Å². The van der Waals surface area contributed by atoms with Crippen molar-refractivity contribution in [2.75, 3.05) is 12.4 Å². The van der Waals surface area contributed by atoms with Crippen molar-refractivity contribution >= 4 is 5.69 Å². The topological polar surface area (TPSA) is 34.4 Å². The van der Waals surface area contributed by atoms with Crippen molar-refractivity contribution < 1.29 is 9.15 Å². The zero-order valence-electron chi connectivity index (χ0n) is 12.9. The third-order valence-corrected chi connectivity index (χ3v) is 3.47. The monoisotopic (exact) mass is 273 g/mol. The summed E-state index contributed by atoms with van der Waals surface area (Å²) in [5, 5.41) is 3.40. The van der Waals surface area contributed by atoms with Crippen LogP contribution in [0.3, 0.4) is 0 Å². The lowest BCUT2D eigenvalue weighted by atomic mass is 9.87. The largest absolute Gasteiger partial charge is 0.495 e. The number of methoxy groups -OCH3 is 1. The van der Waals surface area contributed by atoms with Crippen molar-refractivity contribution in [2.45, 2.75) is 39.7 Å². The van der Waals surface area contributed by atoms with E-state index in [1.165, 1.54) is 5.56 Å². The number of hydrogen-bond acceptors (Lipinski definition) is 3. The molecule has 1 aromatic carbocycles. The Morgan fingerprint density at radius 2 is 1.95 bits per heavy atom. The van der Waals surface area contributed by atoms with Gasteiger partial charge in [0.2, 0.25) is 0 Å². The van der Waals surface area contributed by atoms with Crippen LogP contribution < -0.4 is 10.1 Å². The Hall–Kier alpha value is -1.90. The molecule has 0 amide bonds. The maximum atomic E-state index is 5.45. The van der Waals surface area contributed by atoms with E-state index in [0.717, 1.165) is 22.8 Å². The number of furan rings is 1. The van der Waals surface area contributed by atoms with Crippen LogP contribution in [0.25, 0.3) is 0 Å². The predicted octanol–water partition coefficient (Wildman–Crippen LogP) is 4.51. The molecule has 0 aliphatic rings. The highest BCUT2D eigenvalue weighted by Gasteiger charge is 2.16. The number of aryl methyl sites for hydroxylation is 1. The average molecular weight is 273 g/mol. The molecule has 1 heterocycles. The van der Waals surface area contributed by atoms with Gasteiger partial charge in [0.15, 0.2) is 0 Å². The van der Waals surface area contributed by atoms with Gasteiger partial charge in [0.05, 0.1) is 25.6 Å². The fraction of sp³-hybridized carbons (Fsp3) is 0.412. The van der Waals surface area contributed by atoms with Gasteiger partial charge >= 0.3 is 0 Å². The Bertz CT molecular complexity index is 579. The van der Waals surface area contributed by atoms with E-state index in [-0.39, 0.29) is 5.41 Å². The standard InChI is InChI=1S/C17H23NO2/c1-12-8-9-20-16(12)11-18-14-10-13(17(2,3)4)6-7-15(14)19-5/h6-10,18H,11H2,1-5H3. The second kappa shape index (κ2) is 5.61. The third-order valence-electron chi connectivity index (χ3n) is 3.47. The van der Waals surface area contributed by atoms with Crippen molar-refractivity contribution in [3.8, 4) is 5.75 Å². The quantitative estimate of drug-likeness (QED) is 0.890. The van der Waals surface area contributed by atoms with Crippen LogP contribution in [0.1, 0.15) is 37.7 Å². The summed E-state index contributed by atoms with van der Waals surface area (Å²) in [6, 6.07) is 8.25. The van der Waals surface area contributed by atoms with Crippen LogP contribution in [0.5, 0.6) is 5.75 Å². The Labute approximate surface area is 121 Å². The molecule has 0 radical (unpaired) electrons. The first-order valence-corrected chi connectivity index (χ1v) is 6.87. The molecule has 0 unspecified atom stereocenters. The lowest BCUT2D eigenvalue weighted by Crippen LogP contribution is -2.12. The molecule has 2 aromatic rings. The molecule has 2 rings (SSSR count). The highest BCUT2D eigenvalue weighted by Crippen LogP contribution is 2.31. The van der Waals surface area contributed by atoms with Crippen LogP contribution in [-0.4, -0.2) is 7.11 Å². The third kappa shape index (κ3) is 3.16. The number of ether oxygens (including phenoxy) is 1. The van der Waals surface area contributed by atoms with Crippen LogP contribution >= 0.6 is 0 Å². The lowest BCUT2D eigenvalue weighted by Gasteiger charge is -2.21. The van der Waals surface area contributed by atoms with Crippen LogP contribution in [0.15, 0.2) is 34.9 Å². The van der Waals surface area contributed by atoms with Gasteiger partial charge in [-0.3, -0.25) is 0 Å². The molecule has 20 heavy (non-hydrogen) atoms. The smallest absolute Gasteiger partial charge is 0.141 e. The van der Waals surface area contributed by atoms with Crippen molar-refractivity contribution in [3.05, 3.63) is 47.4 Å². The fourth-order valence-electron chi connectivity index (χ4n) is 2.07. The lowest BCUT2D eigenvalue weighted by molar-refractivity contribution is 0.415. The summed E-state index contributed by atoms with van der Waals surface area (Å²) in [5.41, 5.74) is 3.54. The minimum atomic E-state index is 0.114. The van der Waals surface area contributed by atoms with E-state index in [4.69, 9.17) is 9.15 Å². The highest BCUT2D eigenvalue weighted by molar-refractivity contribution is 5.59. The van der Waals surface area contributed by atoms with E-state index < -0.39 is 0 Å². The number of anilines is 1. The van der Waals surface area contributed by atoms with Crippen LogP contribution in [0, 0.1) is 6.92 Å². The molecule has 0 saturated carbocycles. The number of hydrogen-bond donors (Lipinski definition) is 1. The van der Waals surface area contributed by atoms with Crippen LogP contribution in [0.2, 0.25) is 0 Å². The van der Waals surface area contributed by atoms with Gasteiger partial charge in [-0.25, -0.2) is 0 Å². The Morgan fingerprint density at radius 1 is 1.20 bits per heavy atom. The molecular formula is C17H23NO2. The summed E-state index contributed by atoms with van der Waals surface area (Å²) in [7, 11) is 1.69. The normalized spacial score (nSPS) is 11.4.